The molecule has 2 heterocycles. The highest BCUT2D eigenvalue weighted by molar-refractivity contribution is 6.46. The number of halogens is 1. The number of aliphatic hydroxyl groups excluding tert-OH is 1. The number of carbonyl (C=O) groups excluding carboxylic acids is 2. The Morgan fingerprint density at radius 2 is 1.63 bits per heavy atom. The zero-order chi connectivity index (χ0) is 21.1. The summed E-state index contributed by atoms with van der Waals surface area (Å²) >= 11 is 0. The predicted molar refractivity (Wildman–Crippen MR) is 110 cm³/mol. The molecule has 1 aliphatic rings. The minimum absolute atomic E-state index is 0.00845. The Hall–Kier alpha value is -3.80. The van der Waals surface area contributed by atoms with Crippen molar-refractivity contribution in [1.82, 2.24) is 9.88 Å². The normalized spacial score (nSPS) is 18.0. The van der Waals surface area contributed by atoms with E-state index in [4.69, 9.17) is 0 Å². The lowest BCUT2D eigenvalue weighted by Gasteiger charge is -2.25. The van der Waals surface area contributed by atoms with E-state index in [0.717, 1.165) is 5.56 Å². The third-order valence-electron chi connectivity index (χ3n) is 5.16. The Labute approximate surface area is 173 Å². The van der Waals surface area contributed by atoms with Gasteiger partial charge in [0.25, 0.3) is 11.7 Å². The second-order valence-corrected chi connectivity index (χ2v) is 7.02. The molecule has 150 valence electrons. The van der Waals surface area contributed by atoms with Crippen LogP contribution < -0.4 is 0 Å². The zero-order valence-corrected chi connectivity index (χ0v) is 16.0. The highest BCUT2D eigenvalue weighted by atomic mass is 19.1. The van der Waals surface area contributed by atoms with E-state index in [0.29, 0.717) is 18.5 Å². The molecule has 0 bridgehead atoms. The molecule has 3 aromatic rings. The van der Waals surface area contributed by atoms with Crippen molar-refractivity contribution in [3.8, 4) is 0 Å². The summed E-state index contributed by atoms with van der Waals surface area (Å²) in [5.41, 5.74) is 1.97. The monoisotopic (exact) mass is 402 g/mol. The van der Waals surface area contributed by atoms with Crippen molar-refractivity contribution in [2.75, 3.05) is 6.54 Å². The van der Waals surface area contributed by atoms with Crippen LogP contribution in [0.5, 0.6) is 0 Å². The van der Waals surface area contributed by atoms with Gasteiger partial charge in [-0.05, 0) is 53.9 Å². The summed E-state index contributed by atoms with van der Waals surface area (Å²) in [5.74, 6) is -2.21. The highest BCUT2D eigenvalue weighted by Gasteiger charge is 2.45. The summed E-state index contributed by atoms with van der Waals surface area (Å²) < 4.78 is 13.3. The summed E-state index contributed by atoms with van der Waals surface area (Å²) in [4.78, 5) is 31.2. The average Bonchev–Trinajstić information content (AvgIpc) is 3.04. The minimum atomic E-state index is -0.758. The van der Waals surface area contributed by atoms with E-state index in [2.05, 4.69) is 4.98 Å². The number of benzene rings is 2. The van der Waals surface area contributed by atoms with Gasteiger partial charge in [-0.25, -0.2) is 4.39 Å². The second kappa shape index (κ2) is 8.29. The van der Waals surface area contributed by atoms with Gasteiger partial charge in [0.15, 0.2) is 0 Å². The van der Waals surface area contributed by atoms with Crippen molar-refractivity contribution < 1.29 is 19.1 Å². The fourth-order valence-electron chi connectivity index (χ4n) is 3.66. The van der Waals surface area contributed by atoms with Crippen LogP contribution in [0.15, 0.2) is 84.7 Å². The van der Waals surface area contributed by atoms with Crippen LogP contribution >= 0.6 is 0 Å². The quantitative estimate of drug-likeness (QED) is 0.399. The topological polar surface area (TPSA) is 70.5 Å². The standard InChI is InChI=1S/C24H19FN2O3/c25-19-8-6-18(7-9-19)22(28)20-21(17-10-13-26-14-11-17)27(24(30)23(20)29)15-12-16-4-2-1-3-5-16/h1-11,13-14,21,28H,12,15H2. The smallest absolute Gasteiger partial charge is 0.295 e. The van der Waals surface area contributed by atoms with Crippen molar-refractivity contribution in [2.24, 2.45) is 0 Å². The molecule has 4 rings (SSSR count). The van der Waals surface area contributed by atoms with E-state index in [1.807, 2.05) is 30.3 Å². The Morgan fingerprint density at radius 1 is 0.967 bits per heavy atom. The molecule has 1 aliphatic heterocycles. The van der Waals surface area contributed by atoms with Gasteiger partial charge in [0.05, 0.1) is 11.6 Å². The van der Waals surface area contributed by atoms with Gasteiger partial charge in [0, 0.05) is 24.5 Å². The SMILES string of the molecule is O=C1C(=O)N(CCc2ccccc2)C(c2ccncc2)C1=C(O)c1ccc(F)cc1. The molecular formula is C24H19FN2O3. The first-order valence-corrected chi connectivity index (χ1v) is 9.54. The van der Waals surface area contributed by atoms with Crippen LogP contribution in [0.1, 0.15) is 22.7 Å². The number of carbonyl (C=O) groups is 2. The number of hydrogen-bond donors (Lipinski definition) is 1. The fraction of sp³-hybridized carbons (Fsp3) is 0.125. The van der Waals surface area contributed by atoms with Gasteiger partial charge in [0.1, 0.15) is 11.6 Å². The van der Waals surface area contributed by atoms with Crippen LogP contribution in [0.2, 0.25) is 0 Å². The minimum Gasteiger partial charge on any atom is -0.507 e. The molecule has 0 spiro atoms. The van der Waals surface area contributed by atoms with Crippen LogP contribution in [0.3, 0.4) is 0 Å². The Kier molecular flexibility index (Phi) is 5.39. The maximum Gasteiger partial charge on any atom is 0.295 e. The van der Waals surface area contributed by atoms with Crippen molar-refractivity contribution in [3.63, 3.8) is 0 Å². The molecule has 0 radical (unpaired) electrons. The van der Waals surface area contributed by atoms with Gasteiger partial charge in [-0.2, -0.15) is 0 Å². The third-order valence-corrected chi connectivity index (χ3v) is 5.16. The molecule has 1 N–H and O–H groups in total. The number of nitrogens with zero attached hydrogens (tertiary/aromatic N) is 2. The molecule has 1 aromatic heterocycles. The number of ketones is 1. The molecule has 6 heteroatoms. The van der Waals surface area contributed by atoms with Crippen LogP contribution in [0.25, 0.3) is 5.76 Å². The fourth-order valence-corrected chi connectivity index (χ4v) is 3.66. The van der Waals surface area contributed by atoms with Gasteiger partial charge in [-0.3, -0.25) is 14.6 Å². The lowest BCUT2D eigenvalue weighted by Crippen LogP contribution is -2.31. The lowest BCUT2D eigenvalue weighted by molar-refractivity contribution is -0.139. The molecule has 5 nitrogen and oxygen atoms in total. The Morgan fingerprint density at radius 3 is 2.30 bits per heavy atom. The highest BCUT2D eigenvalue weighted by Crippen LogP contribution is 2.39. The van der Waals surface area contributed by atoms with E-state index in [1.54, 1.807) is 24.5 Å². The molecule has 1 fully saturated rings. The first-order chi connectivity index (χ1) is 14.6. The Bertz CT molecular complexity index is 1100. The number of hydrogen-bond acceptors (Lipinski definition) is 4. The largest absolute Gasteiger partial charge is 0.507 e. The van der Waals surface area contributed by atoms with E-state index >= 15 is 0 Å². The molecular weight excluding hydrogens is 383 g/mol. The summed E-state index contributed by atoms with van der Waals surface area (Å²) in [6.07, 6.45) is 3.71. The van der Waals surface area contributed by atoms with Crippen molar-refractivity contribution in [2.45, 2.75) is 12.5 Å². The maximum atomic E-state index is 13.3. The Balaban J connectivity index is 1.76. The molecule has 30 heavy (non-hydrogen) atoms. The number of amides is 1. The average molecular weight is 402 g/mol. The molecule has 1 unspecified atom stereocenters. The van der Waals surface area contributed by atoms with E-state index < -0.39 is 23.5 Å². The first kappa shape index (κ1) is 19.5. The number of likely N-dealkylation sites (tertiary alicyclic amines) is 1. The van der Waals surface area contributed by atoms with Gasteiger partial charge in [-0.1, -0.05) is 30.3 Å². The third kappa shape index (κ3) is 3.72. The zero-order valence-electron chi connectivity index (χ0n) is 16.0. The maximum absolute atomic E-state index is 13.3. The summed E-state index contributed by atoms with van der Waals surface area (Å²) in [7, 11) is 0. The van der Waals surface area contributed by atoms with E-state index in [1.165, 1.54) is 29.2 Å². The molecule has 2 aromatic carbocycles. The van der Waals surface area contributed by atoms with Crippen LogP contribution in [-0.2, 0) is 16.0 Å². The van der Waals surface area contributed by atoms with Crippen LogP contribution in [-0.4, -0.2) is 33.2 Å². The number of aliphatic hydroxyl groups is 1. The number of aromatic nitrogens is 1. The second-order valence-electron chi connectivity index (χ2n) is 7.02. The summed E-state index contributed by atoms with van der Waals surface area (Å²) in [5, 5.41) is 10.9. The molecule has 0 aliphatic carbocycles. The van der Waals surface area contributed by atoms with Gasteiger partial charge in [-0.15, -0.1) is 0 Å². The molecule has 1 amide bonds. The van der Waals surface area contributed by atoms with E-state index in [9.17, 15) is 19.1 Å². The number of pyridine rings is 1. The lowest BCUT2D eigenvalue weighted by atomic mass is 9.96. The number of Topliss-reactive ketones (excluding diaryl/α,β-unsaturated/α-hetero) is 1. The van der Waals surface area contributed by atoms with Gasteiger partial charge < -0.3 is 10.0 Å². The van der Waals surface area contributed by atoms with E-state index in [-0.39, 0.29) is 16.9 Å². The van der Waals surface area contributed by atoms with Crippen molar-refractivity contribution >= 4 is 17.4 Å². The summed E-state index contributed by atoms with van der Waals surface area (Å²) in [6, 6.07) is 17.5. The number of rotatable bonds is 5. The van der Waals surface area contributed by atoms with Crippen LogP contribution in [0.4, 0.5) is 4.39 Å². The van der Waals surface area contributed by atoms with Gasteiger partial charge >= 0.3 is 0 Å². The van der Waals surface area contributed by atoms with Crippen LogP contribution in [0, 0.1) is 5.82 Å². The molecule has 1 atom stereocenters. The predicted octanol–water partition coefficient (Wildman–Crippen LogP) is 3.89. The first-order valence-electron chi connectivity index (χ1n) is 9.54. The van der Waals surface area contributed by atoms with Gasteiger partial charge in [0.2, 0.25) is 0 Å². The van der Waals surface area contributed by atoms with Crippen molar-refractivity contribution in [1.29, 1.82) is 0 Å². The molecule has 0 saturated carbocycles. The summed E-state index contributed by atoms with van der Waals surface area (Å²) in [6.45, 7) is 0.307. The molecule has 1 saturated heterocycles. The van der Waals surface area contributed by atoms with Crippen molar-refractivity contribution in [3.05, 3.63) is 107 Å².